The molecule has 0 spiro atoms. The highest BCUT2D eigenvalue weighted by Crippen LogP contribution is 2.16. The van der Waals surface area contributed by atoms with Crippen LogP contribution in [0.2, 0.25) is 0 Å². The summed E-state index contributed by atoms with van der Waals surface area (Å²) < 4.78 is 10.3. The third kappa shape index (κ3) is 3.67. The van der Waals surface area contributed by atoms with E-state index in [1.165, 1.54) is 13.5 Å². The molecule has 1 aromatic carbocycles. The molecule has 1 aliphatic rings. The van der Waals surface area contributed by atoms with Gasteiger partial charge in [-0.25, -0.2) is 4.79 Å². The monoisotopic (exact) mass is 279 g/mol. The van der Waals surface area contributed by atoms with Crippen molar-refractivity contribution in [1.29, 1.82) is 0 Å². The van der Waals surface area contributed by atoms with Crippen LogP contribution >= 0.6 is 12.2 Å². The second kappa shape index (κ2) is 6.52. The van der Waals surface area contributed by atoms with Crippen LogP contribution in [0, 0.1) is 0 Å². The third-order valence-corrected chi connectivity index (χ3v) is 3.44. The van der Waals surface area contributed by atoms with Crippen molar-refractivity contribution >= 4 is 23.4 Å². The Balaban J connectivity index is 1.95. The van der Waals surface area contributed by atoms with Crippen LogP contribution in [0.1, 0.15) is 29.6 Å². The van der Waals surface area contributed by atoms with Crippen molar-refractivity contribution < 1.29 is 14.3 Å². The fraction of sp³-hybridized carbons (Fsp3) is 0.429. The van der Waals surface area contributed by atoms with Crippen molar-refractivity contribution in [3.63, 3.8) is 0 Å². The van der Waals surface area contributed by atoms with Gasteiger partial charge in [0.1, 0.15) is 5.75 Å². The number of rotatable bonds is 2. The maximum Gasteiger partial charge on any atom is 0.337 e. The number of hydrogen-bond acceptors (Lipinski definition) is 4. The molecule has 19 heavy (non-hydrogen) atoms. The number of esters is 1. The summed E-state index contributed by atoms with van der Waals surface area (Å²) in [7, 11) is 1.36. The molecule has 0 unspecified atom stereocenters. The van der Waals surface area contributed by atoms with E-state index in [2.05, 4.69) is 9.64 Å². The highest BCUT2D eigenvalue weighted by Gasteiger charge is 2.15. The summed E-state index contributed by atoms with van der Waals surface area (Å²) in [5.74, 6) is 0.286. The molecule has 1 aliphatic heterocycles. The first-order chi connectivity index (χ1) is 9.20. The van der Waals surface area contributed by atoms with Crippen LogP contribution in [0.5, 0.6) is 5.75 Å². The molecule has 0 amide bonds. The first-order valence-electron chi connectivity index (χ1n) is 6.36. The first-order valence-corrected chi connectivity index (χ1v) is 6.76. The predicted molar refractivity (Wildman–Crippen MR) is 76.4 cm³/mol. The number of hydrogen-bond donors (Lipinski definition) is 0. The van der Waals surface area contributed by atoms with Gasteiger partial charge in [-0.1, -0.05) is 0 Å². The summed E-state index contributed by atoms with van der Waals surface area (Å²) >= 11 is 5.28. The van der Waals surface area contributed by atoms with E-state index in [4.69, 9.17) is 17.0 Å². The summed E-state index contributed by atoms with van der Waals surface area (Å²) in [5.41, 5.74) is 0.499. The van der Waals surface area contributed by atoms with Crippen LogP contribution < -0.4 is 4.74 Å². The summed E-state index contributed by atoms with van der Waals surface area (Å²) in [5, 5.41) is 0.505. The number of thiocarbonyl (C=S) groups is 1. The second-order valence-electron chi connectivity index (χ2n) is 4.43. The highest BCUT2D eigenvalue weighted by atomic mass is 32.1. The smallest absolute Gasteiger partial charge is 0.337 e. The van der Waals surface area contributed by atoms with Crippen LogP contribution in [-0.2, 0) is 4.74 Å². The number of carbonyl (C=O) groups is 1. The third-order valence-electron chi connectivity index (χ3n) is 3.09. The van der Waals surface area contributed by atoms with E-state index >= 15 is 0 Å². The normalized spacial score (nSPS) is 14.9. The maximum absolute atomic E-state index is 11.3. The van der Waals surface area contributed by atoms with E-state index in [1.54, 1.807) is 24.3 Å². The van der Waals surface area contributed by atoms with Crippen molar-refractivity contribution in [2.75, 3.05) is 20.2 Å². The molecule has 0 bridgehead atoms. The van der Waals surface area contributed by atoms with Gasteiger partial charge in [0.05, 0.1) is 12.7 Å². The molecule has 2 rings (SSSR count). The SMILES string of the molecule is COC(=O)c1ccc(OC(=S)N2CCCCC2)cc1. The van der Waals surface area contributed by atoms with Crippen molar-refractivity contribution in [3.8, 4) is 5.75 Å². The zero-order valence-electron chi connectivity index (χ0n) is 10.9. The largest absolute Gasteiger partial charge is 0.465 e. The topological polar surface area (TPSA) is 38.8 Å². The highest BCUT2D eigenvalue weighted by molar-refractivity contribution is 7.80. The molecular weight excluding hydrogens is 262 g/mol. The lowest BCUT2D eigenvalue weighted by molar-refractivity contribution is 0.0600. The van der Waals surface area contributed by atoms with E-state index in [1.807, 2.05) is 0 Å². The van der Waals surface area contributed by atoms with Gasteiger partial charge >= 0.3 is 5.97 Å². The molecule has 4 nitrogen and oxygen atoms in total. The molecule has 1 heterocycles. The number of benzene rings is 1. The molecule has 102 valence electrons. The van der Waals surface area contributed by atoms with Gasteiger partial charge in [0, 0.05) is 13.1 Å². The zero-order valence-corrected chi connectivity index (χ0v) is 11.7. The predicted octanol–water partition coefficient (Wildman–Crippen LogP) is 2.62. The fourth-order valence-electron chi connectivity index (χ4n) is 2.02. The average molecular weight is 279 g/mol. The Bertz CT molecular complexity index is 452. The van der Waals surface area contributed by atoms with Gasteiger partial charge in [-0.15, -0.1) is 0 Å². The molecule has 0 aromatic heterocycles. The standard InChI is InChI=1S/C14H17NO3S/c1-17-13(16)11-5-7-12(8-6-11)18-14(19)15-9-3-2-4-10-15/h5-8H,2-4,9-10H2,1H3. The summed E-state index contributed by atoms with van der Waals surface area (Å²) in [4.78, 5) is 13.4. The van der Waals surface area contributed by atoms with Gasteiger partial charge in [0.25, 0.3) is 5.17 Å². The maximum atomic E-state index is 11.3. The van der Waals surface area contributed by atoms with E-state index in [0.717, 1.165) is 25.9 Å². The van der Waals surface area contributed by atoms with Gasteiger partial charge in [-0.2, -0.15) is 0 Å². The first kappa shape index (κ1) is 13.8. The minimum absolute atomic E-state index is 0.356. The van der Waals surface area contributed by atoms with E-state index in [9.17, 15) is 4.79 Å². The molecule has 1 fully saturated rings. The lowest BCUT2D eigenvalue weighted by Crippen LogP contribution is -2.37. The Kier molecular flexibility index (Phi) is 4.74. The summed E-state index contributed by atoms with van der Waals surface area (Å²) in [6, 6.07) is 6.78. The van der Waals surface area contributed by atoms with Gasteiger partial charge in [0.2, 0.25) is 0 Å². The van der Waals surface area contributed by atoms with E-state index < -0.39 is 0 Å². The molecule has 0 aliphatic carbocycles. The number of carbonyl (C=O) groups excluding carboxylic acids is 1. The van der Waals surface area contributed by atoms with Gasteiger partial charge in [-0.3, -0.25) is 0 Å². The average Bonchev–Trinajstić information content (AvgIpc) is 2.48. The van der Waals surface area contributed by atoms with Crippen molar-refractivity contribution in [2.45, 2.75) is 19.3 Å². The number of likely N-dealkylation sites (tertiary alicyclic amines) is 1. The Morgan fingerprint density at radius 1 is 1.16 bits per heavy atom. The molecule has 1 aromatic rings. The molecule has 1 saturated heterocycles. The van der Waals surface area contributed by atoms with Gasteiger partial charge in [0.15, 0.2) is 0 Å². The summed E-state index contributed by atoms with van der Waals surface area (Å²) in [6.07, 6.45) is 3.57. The van der Waals surface area contributed by atoms with Gasteiger partial charge < -0.3 is 14.4 Å². The Labute approximate surface area is 118 Å². The lowest BCUT2D eigenvalue weighted by Gasteiger charge is -2.28. The van der Waals surface area contributed by atoms with Crippen LogP contribution in [0.25, 0.3) is 0 Å². The second-order valence-corrected chi connectivity index (χ2v) is 4.78. The summed E-state index contributed by atoms with van der Waals surface area (Å²) in [6.45, 7) is 1.91. The Morgan fingerprint density at radius 2 is 1.79 bits per heavy atom. The fourth-order valence-corrected chi connectivity index (χ4v) is 2.30. The Hall–Kier alpha value is -1.62. The van der Waals surface area contributed by atoms with Crippen LogP contribution in [-0.4, -0.2) is 36.2 Å². The minimum atomic E-state index is -0.356. The van der Waals surface area contributed by atoms with Crippen LogP contribution in [0.4, 0.5) is 0 Å². The van der Waals surface area contributed by atoms with Crippen molar-refractivity contribution in [1.82, 2.24) is 4.90 Å². The zero-order chi connectivity index (χ0) is 13.7. The molecule has 0 saturated carbocycles. The molecule has 0 atom stereocenters. The number of ether oxygens (including phenoxy) is 2. The molecular formula is C14H17NO3S. The lowest BCUT2D eigenvalue weighted by atomic mass is 10.1. The minimum Gasteiger partial charge on any atom is -0.465 e. The molecule has 0 radical (unpaired) electrons. The van der Waals surface area contributed by atoms with Gasteiger partial charge in [-0.05, 0) is 55.7 Å². The van der Waals surface area contributed by atoms with Crippen LogP contribution in [0.3, 0.4) is 0 Å². The van der Waals surface area contributed by atoms with Crippen molar-refractivity contribution in [2.24, 2.45) is 0 Å². The van der Waals surface area contributed by atoms with E-state index in [-0.39, 0.29) is 5.97 Å². The number of nitrogens with zero attached hydrogens (tertiary/aromatic N) is 1. The quantitative estimate of drug-likeness (QED) is 0.614. The van der Waals surface area contributed by atoms with Crippen LogP contribution in [0.15, 0.2) is 24.3 Å². The number of piperidine rings is 1. The van der Waals surface area contributed by atoms with Crippen molar-refractivity contribution in [3.05, 3.63) is 29.8 Å². The molecule has 5 heteroatoms. The number of methoxy groups -OCH3 is 1. The molecule has 0 N–H and O–H groups in total. The van der Waals surface area contributed by atoms with E-state index in [0.29, 0.717) is 16.5 Å². The Morgan fingerprint density at radius 3 is 2.37 bits per heavy atom.